The third-order valence-electron chi connectivity index (χ3n) is 4.38. The molecule has 0 aliphatic heterocycles. The van der Waals surface area contributed by atoms with Crippen molar-refractivity contribution in [3.8, 4) is 11.5 Å². The number of ether oxygens (including phenoxy) is 2. The monoisotopic (exact) mass is 448 g/mol. The quantitative estimate of drug-likeness (QED) is 0.180. The van der Waals surface area contributed by atoms with E-state index in [1.54, 1.807) is 55.7 Å². The molecule has 32 heavy (non-hydrogen) atoms. The molecule has 3 rings (SSSR count). The summed E-state index contributed by atoms with van der Waals surface area (Å²) in [6, 6.07) is 19.2. The van der Waals surface area contributed by atoms with Crippen LogP contribution in [0.4, 0.5) is 0 Å². The fraction of sp³-hybridized carbons (Fsp3) is 0.0800. The SMILES string of the molecule is COc1ccc(/C=C/C(=O)Oc2ccc(/C=N\NC(=O)c3ccc(C)cc3Cl)cc2)cc1. The van der Waals surface area contributed by atoms with Gasteiger partial charge in [0.25, 0.3) is 5.91 Å². The van der Waals surface area contributed by atoms with Gasteiger partial charge in [-0.05, 0) is 78.2 Å². The summed E-state index contributed by atoms with van der Waals surface area (Å²) >= 11 is 6.08. The zero-order chi connectivity index (χ0) is 22.9. The predicted molar refractivity (Wildman–Crippen MR) is 125 cm³/mol. The van der Waals surface area contributed by atoms with E-state index < -0.39 is 11.9 Å². The average molecular weight is 449 g/mol. The van der Waals surface area contributed by atoms with Crippen molar-refractivity contribution >= 4 is 35.8 Å². The molecular formula is C25H21ClN2O4. The van der Waals surface area contributed by atoms with Crippen molar-refractivity contribution < 1.29 is 19.1 Å². The van der Waals surface area contributed by atoms with Gasteiger partial charge in [-0.3, -0.25) is 4.79 Å². The molecule has 0 saturated carbocycles. The normalized spacial score (nSPS) is 11.0. The van der Waals surface area contributed by atoms with Crippen LogP contribution in [0.1, 0.15) is 27.0 Å². The minimum absolute atomic E-state index is 0.347. The number of aryl methyl sites for hydroxylation is 1. The van der Waals surface area contributed by atoms with Crippen LogP contribution >= 0.6 is 11.6 Å². The molecule has 3 aromatic carbocycles. The zero-order valence-electron chi connectivity index (χ0n) is 17.5. The molecule has 1 N–H and O–H groups in total. The standard InChI is InChI=1S/C25H21ClN2O4/c1-17-3-13-22(23(26)15-17)25(30)28-27-16-19-6-11-21(12-7-19)32-24(29)14-8-18-4-9-20(31-2)10-5-18/h3-16H,1-2H3,(H,28,30)/b14-8+,27-16-. The molecule has 3 aromatic rings. The first kappa shape index (κ1) is 22.8. The number of methoxy groups -OCH3 is 1. The lowest BCUT2D eigenvalue weighted by Gasteiger charge is -2.04. The van der Waals surface area contributed by atoms with Crippen LogP contribution in [0.2, 0.25) is 5.02 Å². The topological polar surface area (TPSA) is 77.0 Å². The molecule has 6 nitrogen and oxygen atoms in total. The number of hydrogen-bond donors (Lipinski definition) is 1. The van der Waals surface area contributed by atoms with Crippen molar-refractivity contribution in [2.75, 3.05) is 7.11 Å². The molecule has 0 fully saturated rings. The molecule has 7 heteroatoms. The molecule has 0 unspecified atom stereocenters. The van der Waals surface area contributed by atoms with Crippen molar-refractivity contribution in [2.24, 2.45) is 5.10 Å². The van der Waals surface area contributed by atoms with Crippen LogP contribution in [-0.2, 0) is 4.79 Å². The maximum Gasteiger partial charge on any atom is 0.336 e. The van der Waals surface area contributed by atoms with Crippen LogP contribution < -0.4 is 14.9 Å². The Balaban J connectivity index is 1.52. The van der Waals surface area contributed by atoms with Gasteiger partial charge < -0.3 is 9.47 Å². The van der Waals surface area contributed by atoms with Gasteiger partial charge in [-0.1, -0.05) is 29.8 Å². The van der Waals surface area contributed by atoms with Crippen LogP contribution in [0.25, 0.3) is 6.08 Å². The second kappa shape index (κ2) is 10.9. The maximum atomic E-state index is 12.2. The van der Waals surface area contributed by atoms with E-state index in [1.807, 2.05) is 31.2 Å². The Morgan fingerprint density at radius 3 is 2.25 bits per heavy atom. The van der Waals surface area contributed by atoms with Gasteiger partial charge >= 0.3 is 5.97 Å². The van der Waals surface area contributed by atoms with Crippen molar-refractivity contribution in [1.29, 1.82) is 0 Å². The summed E-state index contributed by atoms with van der Waals surface area (Å²) in [5.74, 6) is 0.235. The van der Waals surface area contributed by atoms with Crippen LogP contribution in [0.3, 0.4) is 0 Å². The highest BCUT2D eigenvalue weighted by atomic mass is 35.5. The minimum Gasteiger partial charge on any atom is -0.497 e. The average Bonchev–Trinajstić information content (AvgIpc) is 2.79. The second-order valence-electron chi connectivity index (χ2n) is 6.78. The molecule has 0 aromatic heterocycles. The van der Waals surface area contributed by atoms with Gasteiger partial charge in [0.05, 0.1) is 23.9 Å². The number of nitrogens with zero attached hydrogens (tertiary/aromatic N) is 1. The van der Waals surface area contributed by atoms with E-state index >= 15 is 0 Å². The van der Waals surface area contributed by atoms with Crippen molar-refractivity contribution in [1.82, 2.24) is 5.43 Å². The van der Waals surface area contributed by atoms with Crippen LogP contribution in [0, 0.1) is 6.92 Å². The van der Waals surface area contributed by atoms with Gasteiger partial charge in [0.2, 0.25) is 0 Å². The van der Waals surface area contributed by atoms with E-state index in [-0.39, 0.29) is 0 Å². The molecular weight excluding hydrogens is 428 g/mol. The Bertz CT molecular complexity index is 1150. The van der Waals surface area contributed by atoms with Crippen molar-refractivity contribution in [3.05, 3.63) is 100 Å². The molecule has 0 aliphatic rings. The summed E-state index contributed by atoms with van der Waals surface area (Å²) in [4.78, 5) is 24.2. The van der Waals surface area contributed by atoms with Gasteiger partial charge in [-0.2, -0.15) is 5.10 Å². The Hall–Kier alpha value is -3.90. The summed E-state index contributed by atoms with van der Waals surface area (Å²) < 4.78 is 10.4. The summed E-state index contributed by atoms with van der Waals surface area (Å²) in [7, 11) is 1.59. The number of amides is 1. The molecule has 0 saturated heterocycles. The molecule has 1 amide bonds. The lowest BCUT2D eigenvalue weighted by atomic mass is 10.1. The summed E-state index contributed by atoms with van der Waals surface area (Å²) in [6.07, 6.45) is 4.49. The van der Waals surface area contributed by atoms with Gasteiger partial charge in [0.15, 0.2) is 0 Å². The molecule has 0 spiro atoms. The Kier molecular flexibility index (Phi) is 7.78. The third kappa shape index (κ3) is 6.55. The van der Waals surface area contributed by atoms with E-state index in [9.17, 15) is 9.59 Å². The largest absolute Gasteiger partial charge is 0.497 e. The van der Waals surface area contributed by atoms with Crippen molar-refractivity contribution in [2.45, 2.75) is 6.92 Å². The first-order chi connectivity index (χ1) is 15.4. The minimum atomic E-state index is -0.496. The van der Waals surface area contributed by atoms with Gasteiger partial charge in [0.1, 0.15) is 11.5 Å². The first-order valence-corrected chi connectivity index (χ1v) is 10.1. The second-order valence-corrected chi connectivity index (χ2v) is 7.19. The highest BCUT2D eigenvalue weighted by molar-refractivity contribution is 6.33. The Morgan fingerprint density at radius 2 is 1.59 bits per heavy atom. The Morgan fingerprint density at radius 1 is 0.938 bits per heavy atom. The third-order valence-corrected chi connectivity index (χ3v) is 4.69. The highest BCUT2D eigenvalue weighted by Gasteiger charge is 2.09. The number of hydrazone groups is 1. The van der Waals surface area contributed by atoms with E-state index in [4.69, 9.17) is 21.1 Å². The lowest BCUT2D eigenvalue weighted by Crippen LogP contribution is -2.18. The number of esters is 1. The molecule has 0 aliphatic carbocycles. The first-order valence-electron chi connectivity index (χ1n) is 9.68. The highest BCUT2D eigenvalue weighted by Crippen LogP contribution is 2.17. The fourth-order valence-electron chi connectivity index (χ4n) is 2.68. The van der Waals surface area contributed by atoms with Gasteiger partial charge in [-0.15, -0.1) is 0 Å². The lowest BCUT2D eigenvalue weighted by molar-refractivity contribution is -0.128. The Labute approximate surface area is 191 Å². The number of carbonyl (C=O) groups excluding carboxylic acids is 2. The molecule has 0 heterocycles. The number of rotatable bonds is 7. The summed E-state index contributed by atoms with van der Waals surface area (Å²) in [5.41, 5.74) is 5.32. The summed E-state index contributed by atoms with van der Waals surface area (Å²) in [5, 5.41) is 4.30. The fourth-order valence-corrected chi connectivity index (χ4v) is 3.00. The zero-order valence-corrected chi connectivity index (χ0v) is 18.3. The number of benzene rings is 3. The van der Waals surface area contributed by atoms with E-state index in [0.29, 0.717) is 21.9 Å². The van der Waals surface area contributed by atoms with E-state index in [1.165, 1.54) is 12.3 Å². The number of hydrogen-bond acceptors (Lipinski definition) is 5. The van der Waals surface area contributed by atoms with Crippen molar-refractivity contribution in [3.63, 3.8) is 0 Å². The molecule has 0 atom stereocenters. The van der Waals surface area contributed by atoms with Crippen LogP contribution in [0.5, 0.6) is 11.5 Å². The smallest absolute Gasteiger partial charge is 0.336 e. The van der Waals surface area contributed by atoms with Gasteiger partial charge in [-0.25, -0.2) is 10.2 Å². The van der Waals surface area contributed by atoms with E-state index in [0.717, 1.165) is 16.9 Å². The summed E-state index contributed by atoms with van der Waals surface area (Å²) in [6.45, 7) is 1.89. The molecule has 162 valence electrons. The maximum absolute atomic E-state index is 12.2. The van der Waals surface area contributed by atoms with E-state index in [2.05, 4.69) is 10.5 Å². The molecule has 0 bridgehead atoms. The predicted octanol–water partition coefficient (Wildman–Crippen LogP) is 5.04. The van der Waals surface area contributed by atoms with Crippen LogP contribution in [-0.4, -0.2) is 25.2 Å². The number of nitrogens with one attached hydrogen (secondary N) is 1. The number of halogens is 1. The molecule has 0 radical (unpaired) electrons. The number of carbonyl (C=O) groups is 2. The van der Waals surface area contributed by atoms with Gasteiger partial charge in [0, 0.05) is 6.08 Å². The van der Waals surface area contributed by atoms with Crippen LogP contribution in [0.15, 0.2) is 77.9 Å².